The number of methoxy groups -OCH3 is 1. The van der Waals surface area contributed by atoms with E-state index in [2.05, 4.69) is 15.3 Å². The lowest BCUT2D eigenvalue weighted by Crippen LogP contribution is -2.25. The lowest BCUT2D eigenvalue weighted by molar-refractivity contribution is -0.118. The summed E-state index contributed by atoms with van der Waals surface area (Å²) < 4.78 is 5.21. The van der Waals surface area contributed by atoms with Crippen LogP contribution in [0.2, 0.25) is 0 Å². The van der Waals surface area contributed by atoms with Gasteiger partial charge < -0.3 is 20.8 Å². The molecule has 1 aromatic heterocycles. The van der Waals surface area contributed by atoms with E-state index in [9.17, 15) is 9.59 Å². The number of para-hydroxylation sites is 1. The molecule has 8 heteroatoms. The number of nitrogen functional groups attached to an aromatic ring is 1. The number of hydrogen-bond acceptors (Lipinski definition) is 6. The Hall–Kier alpha value is -2.48. The van der Waals surface area contributed by atoms with Crippen LogP contribution in [0.5, 0.6) is 5.75 Å². The van der Waals surface area contributed by atoms with Gasteiger partial charge in [-0.3, -0.25) is 9.59 Å². The van der Waals surface area contributed by atoms with Crippen LogP contribution in [0, 0.1) is 0 Å². The van der Waals surface area contributed by atoms with Gasteiger partial charge in [0.1, 0.15) is 11.6 Å². The molecule has 0 radical (unpaired) electrons. The van der Waals surface area contributed by atoms with E-state index in [1.54, 1.807) is 7.11 Å². The van der Waals surface area contributed by atoms with Crippen molar-refractivity contribution in [1.82, 2.24) is 15.3 Å². The Balaban J connectivity index is 1.87. The SMILES string of the molecule is COc1ccccc1CNC(=O)CSc1nc(N)cc(=O)[nH]1. The summed E-state index contributed by atoms with van der Waals surface area (Å²) in [5, 5.41) is 3.10. The molecule has 0 fully saturated rings. The summed E-state index contributed by atoms with van der Waals surface area (Å²) in [6, 6.07) is 8.63. The Kier molecular flexibility index (Phi) is 5.42. The number of thioether (sulfide) groups is 1. The number of aromatic nitrogens is 2. The molecule has 1 heterocycles. The molecule has 0 saturated carbocycles. The van der Waals surface area contributed by atoms with Crippen LogP contribution >= 0.6 is 11.8 Å². The third-order valence-electron chi connectivity index (χ3n) is 2.75. The molecule has 0 unspecified atom stereocenters. The van der Waals surface area contributed by atoms with Crippen molar-refractivity contribution >= 4 is 23.5 Å². The first kappa shape index (κ1) is 15.9. The molecule has 2 rings (SSSR count). The number of nitrogens with two attached hydrogens (primary N) is 1. The number of nitrogens with zero attached hydrogens (tertiary/aromatic N) is 1. The monoisotopic (exact) mass is 320 g/mol. The number of hydrogen-bond donors (Lipinski definition) is 3. The molecule has 116 valence electrons. The van der Waals surface area contributed by atoms with Crippen LogP contribution in [-0.4, -0.2) is 28.7 Å². The van der Waals surface area contributed by atoms with Gasteiger partial charge in [-0.2, -0.15) is 0 Å². The lowest BCUT2D eigenvalue weighted by Gasteiger charge is -2.09. The Morgan fingerprint density at radius 3 is 2.95 bits per heavy atom. The van der Waals surface area contributed by atoms with E-state index in [0.29, 0.717) is 11.7 Å². The topological polar surface area (TPSA) is 110 Å². The van der Waals surface area contributed by atoms with E-state index in [4.69, 9.17) is 10.5 Å². The van der Waals surface area contributed by atoms with Crippen LogP contribution in [-0.2, 0) is 11.3 Å². The molecule has 4 N–H and O–H groups in total. The van der Waals surface area contributed by atoms with Gasteiger partial charge in [0, 0.05) is 18.2 Å². The highest BCUT2D eigenvalue weighted by Gasteiger charge is 2.07. The average molecular weight is 320 g/mol. The highest BCUT2D eigenvalue weighted by atomic mass is 32.2. The third-order valence-corrected chi connectivity index (χ3v) is 3.62. The standard InChI is InChI=1S/C14H16N4O3S/c1-21-10-5-3-2-4-9(10)7-16-13(20)8-22-14-17-11(15)6-12(19)18-14/h2-6H,7-8H2,1H3,(H,16,20)(H3,15,17,18,19). The van der Waals surface area contributed by atoms with Gasteiger partial charge in [0.15, 0.2) is 5.16 Å². The van der Waals surface area contributed by atoms with E-state index in [1.807, 2.05) is 24.3 Å². The molecular formula is C14H16N4O3S. The number of ether oxygens (including phenoxy) is 1. The molecule has 0 aliphatic heterocycles. The first-order valence-electron chi connectivity index (χ1n) is 6.46. The van der Waals surface area contributed by atoms with Crippen molar-refractivity contribution in [1.29, 1.82) is 0 Å². The summed E-state index contributed by atoms with van der Waals surface area (Å²) in [5.41, 5.74) is 6.02. The quantitative estimate of drug-likeness (QED) is 0.535. The second kappa shape index (κ2) is 7.51. The van der Waals surface area contributed by atoms with Crippen molar-refractivity contribution < 1.29 is 9.53 Å². The average Bonchev–Trinajstić information content (AvgIpc) is 2.50. The van der Waals surface area contributed by atoms with Gasteiger partial charge in [-0.15, -0.1) is 0 Å². The molecule has 22 heavy (non-hydrogen) atoms. The number of H-pyrrole nitrogens is 1. The van der Waals surface area contributed by atoms with Gasteiger partial charge in [0.2, 0.25) is 5.91 Å². The number of benzene rings is 1. The molecule has 7 nitrogen and oxygen atoms in total. The van der Waals surface area contributed by atoms with Crippen LogP contribution in [0.1, 0.15) is 5.56 Å². The molecule has 0 aliphatic rings. The van der Waals surface area contributed by atoms with Crippen molar-refractivity contribution in [2.24, 2.45) is 0 Å². The van der Waals surface area contributed by atoms with Crippen LogP contribution < -0.4 is 21.3 Å². The van der Waals surface area contributed by atoms with E-state index < -0.39 is 0 Å². The molecule has 2 aromatic rings. The Bertz CT molecular complexity index is 717. The Labute approximate surface area is 131 Å². The molecule has 0 spiro atoms. The third kappa shape index (κ3) is 4.52. The second-order valence-corrected chi connectivity index (χ2v) is 5.32. The molecule has 1 amide bonds. The first-order valence-corrected chi connectivity index (χ1v) is 7.45. The highest BCUT2D eigenvalue weighted by molar-refractivity contribution is 7.99. The fourth-order valence-electron chi connectivity index (χ4n) is 1.75. The molecule has 1 aromatic carbocycles. The lowest BCUT2D eigenvalue weighted by atomic mass is 10.2. The van der Waals surface area contributed by atoms with E-state index in [1.165, 1.54) is 6.07 Å². The minimum Gasteiger partial charge on any atom is -0.496 e. The van der Waals surface area contributed by atoms with Crippen molar-refractivity contribution in [2.75, 3.05) is 18.6 Å². The molecule has 0 aliphatic carbocycles. The fraction of sp³-hybridized carbons (Fsp3) is 0.214. The van der Waals surface area contributed by atoms with Crippen molar-refractivity contribution in [3.63, 3.8) is 0 Å². The fourth-order valence-corrected chi connectivity index (χ4v) is 2.46. The predicted octanol–water partition coefficient (Wildman–Crippen LogP) is 0.769. The predicted molar refractivity (Wildman–Crippen MR) is 84.8 cm³/mol. The van der Waals surface area contributed by atoms with Gasteiger partial charge in [0.05, 0.1) is 12.9 Å². The zero-order chi connectivity index (χ0) is 15.9. The highest BCUT2D eigenvalue weighted by Crippen LogP contribution is 2.17. The Morgan fingerprint density at radius 1 is 1.45 bits per heavy atom. The number of carbonyl (C=O) groups excluding carboxylic acids is 1. The van der Waals surface area contributed by atoms with Crippen molar-refractivity contribution in [2.45, 2.75) is 11.7 Å². The van der Waals surface area contributed by atoms with Crippen LogP contribution in [0.3, 0.4) is 0 Å². The zero-order valence-corrected chi connectivity index (χ0v) is 12.8. The number of aromatic amines is 1. The summed E-state index contributed by atoms with van der Waals surface area (Å²) in [6.07, 6.45) is 0. The zero-order valence-electron chi connectivity index (χ0n) is 12.0. The Morgan fingerprint density at radius 2 is 2.23 bits per heavy atom. The molecule has 0 atom stereocenters. The van der Waals surface area contributed by atoms with Gasteiger partial charge in [-0.1, -0.05) is 30.0 Å². The smallest absolute Gasteiger partial charge is 0.253 e. The minimum atomic E-state index is -0.343. The van der Waals surface area contributed by atoms with Gasteiger partial charge in [-0.05, 0) is 6.07 Å². The van der Waals surface area contributed by atoms with Gasteiger partial charge in [-0.25, -0.2) is 4.98 Å². The number of rotatable bonds is 6. The maximum atomic E-state index is 11.8. The van der Waals surface area contributed by atoms with Crippen LogP contribution in [0.15, 0.2) is 40.3 Å². The minimum absolute atomic E-state index is 0.126. The van der Waals surface area contributed by atoms with Crippen molar-refractivity contribution in [3.8, 4) is 5.75 Å². The summed E-state index contributed by atoms with van der Waals surface area (Å²) in [6.45, 7) is 0.365. The second-order valence-electron chi connectivity index (χ2n) is 4.35. The van der Waals surface area contributed by atoms with E-state index in [-0.39, 0.29) is 23.0 Å². The van der Waals surface area contributed by atoms with Crippen LogP contribution in [0.4, 0.5) is 5.82 Å². The van der Waals surface area contributed by atoms with Crippen molar-refractivity contribution in [3.05, 3.63) is 46.2 Å². The van der Waals surface area contributed by atoms with Gasteiger partial charge >= 0.3 is 0 Å². The summed E-state index contributed by atoms with van der Waals surface area (Å²) in [4.78, 5) is 29.5. The molecular weight excluding hydrogens is 304 g/mol. The number of carbonyl (C=O) groups is 1. The first-order chi connectivity index (χ1) is 10.6. The van der Waals surface area contributed by atoms with E-state index in [0.717, 1.165) is 23.1 Å². The number of nitrogens with one attached hydrogen (secondary N) is 2. The maximum Gasteiger partial charge on any atom is 0.253 e. The summed E-state index contributed by atoms with van der Waals surface area (Å²) >= 11 is 1.11. The van der Waals surface area contributed by atoms with E-state index >= 15 is 0 Å². The normalized spacial score (nSPS) is 10.2. The summed E-state index contributed by atoms with van der Waals surface area (Å²) in [7, 11) is 1.58. The largest absolute Gasteiger partial charge is 0.496 e. The van der Waals surface area contributed by atoms with Crippen LogP contribution in [0.25, 0.3) is 0 Å². The molecule has 0 bridgehead atoms. The summed E-state index contributed by atoms with van der Waals surface area (Å²) in [5.74, 6) is 0.792. The number of anilines is 1. The van der Waals surface area contributed by atoms with Gasteiger partial charge in [0.25, 0.3) is 5.56 Å². The number of amides is 1. The maximum absolute atomic E-state index is 11.8. The molecule has 0 saturated heterocycles.